The van der Waals surface area contributed by atoms with Crippen LogP contribution in [0.3, 0.4) is 0 Å². The molecule has 3 N–H and O–H groups in total. The topological polar surface area (TPSA) is 47.3 Å². The summed E-state index contributed by atoms with van der Waals surface area (Å²) in [5.74, 6) is 0.789. The maximum Gasteiger partial charge on any atom is 0.0467 e. The summed E-state index contributed by atoms with van der Waals surface area (Å²) < 4.78 is 5.14. The molecule has 1 fully saturated rings. The number of rotatable bonds is 7. The van der Waals surface area contributed by atoms with Gasteiger partial charge >= 0.3 is 0 Å². The highest BCUT2D eigenvalue weighted by Gasteiger charge is 2.21. The highest BCUT2D eigenvalue weighted by Crippen LogP contribution is 2.23. The van der Waals surface area contributed by atoms with Crippen LogP contribution in [0.5, 0.6) is 0 Å². The van der Waals surface area contributed by atoms with Crippen LogP contribution in [0, 0.1) is 11.3 Å². The van der Waals surface area contributed by atoms with Crippen molar-refractivity contribution in [1.29, 1.82) is 0 Å². The van der Waals surface area contributed by atoms with E-state index in [1.807, 2.05) is 0 Å². The van der Waals surface area contributed by atoms with Gasteiger partial charge in [0.05, 0.1) is 0 Å². The van der Waals surface area contributed by atoms with Crippen molar-refractivity contribution in [2.24, 2.45) is 17.1 Å². The third-order valence-corrected chi connectivity index (χ3v) is 3.84. The van der Waals surface area contributed by atoms with Crippen LogP contribution >= 0.6 is 0 Å². The van der Waals surface area contributed by atoms with Crippen molar-refractivity contribution in [2.75, 3.05) is 26.8 Å². The molecule has 0 heterocycles. The number of hydrogen-bond donors (Lipinski definition) is 2. The lowest BCUT2D eigenvalue weighted by Crippen LogP contribution is -2.37. The van der Waals surface area contributed by atoms with Gasteiger partial charge < -0.3 is 15.8 Å². The first-order chi connectivity index (χ1) is 8.03. The van der Waals surface area contributed by atoms with E-state index in [4.69, 9.17) is 10.5 Å². The molecule has 0 aromatic heterocycles. The van der Waals surface area contributed by atoms with E-state index >= 15 is 0 Å². The maximum atomic E-state index is 6.00. The minimum Gasteiger partial charge on any atom is -0.385 e. The molecule has 0 radical (unpaired) electrons. The fourth-order valence-corrected chi connectivity index (χ4v) is 2.60. The van der Waals surface area contributed by atoms with Crippen LogP contribution in [-0.2, 0) is 4.74 Å². The maximum absolute atomic E-state index is 6.00. The third-order valence-electron chi connectivity index (χ3n) is 3.84. The molecule has 0 spiro atoms. The van der Waals surface area contributed by atoms with Crippen molar-refractivity contribution in [1.82, 2.24) is 5.32 Å². The number of methoxy groups -OCH3 is 1. The Hall–Kier alpha value is -0.120. The van der Waals surface area contributed by atoms with E-state index in [0.29, 0.717) is 11.5 Å². The van der Waals surface area contributed by atoms with E-state index in [2.05, 4.69) is 19.2 Å². The van der Waals surface area contributed by atoms with Crippen molar-refractivity contribution >= 4 is 0 Å². The SMILES string of the molecule is COCCC(C)(C)CNCC1CCCC(N)C1. The molecule has 2 unspecified atom stereocenters. The second kappa shape index (κ2) is 7.34. The van der Waals surface area contributed by atoms with Crippen LogP contribution in [0.15, 0.2) is 0 Å². The van der Waals surface area contributed by atoms with Crippen LogP contribution in [0.4, 0.5) is 0 Å². The molecule has 17 heavy (non-hydrogen) atoms. The van der Waals surface area contributed by atoms with Gasteiger partial charge in [-0.3, -0.25) is 0 Å². The van der Waals surface area contributed by atoms with Gasteiger partial charge in [0.2, 0.25) is 0 Å². The predicted octanol–water partition coefficient (Wildman–Crippen LogP) is 2.16. The monoisotopic (exact) mass is 242 g/mol. The highest BCUT2D eigenvalue weighted by molar-refractivity contribution is 4.78. The van der Waals surface area contributed by atoms with E-state index < -0.39 is 0 Å². The van der Waals surface area contributed by atoms with Gasteiger partial charge in [0, 0.05) is 26.3 Å². The Morgan fingerprint density at radius 2 is 2.12 bits per heavy atom. The second-order valence-electron chi connectivity index (χ2n) is 6.33. The van der Waals surface area contributed by atoms with Crippen LogP contribution in [0.2, 0.25) is 0 Å². The Morgan fingerprint density at radius 3 is 2.76 bits per heavy atom. The van der Waals surface area contributed by atoms with Crippen LogP contribution in [0.25, 0.3) is 0 Å². The molecule has 1 rings (SSSR count). The molecule has 1 aliphatic carbocycles. The molecule has 3 heteroatoms. The number of hydrogen-bond acceptors (Lipinski definition) is 3. The van der Waals surface area contributed by atoms with Crippen molar-refractivity contribution < 1.29 is 4.74 Å². The summed E-state index contributed by atoms with van der Waals surface area (Å²) in [6.45, 7) is 7.65. The zero-order chi connectivity index (χ0) is 12.7. The first kappa shape index (κ1) is 14.9. The van der Waals surface area contributed by atoms with E-state index in [1.54, 1.807) is 7.11 Å². The predicted molar refractivity (Wildman–Crippen MR) is 73.1 cm³/mol. The molecule has 0 aliphatic heterocycles. The summed E-state index contributed by atoms with van der Waals surface area (Å²) in [7, 11) is 1.77. The summed E-state index contributed by atoms with van der Waals surface area (Å²) in [6, 6.07) is 0.442. The Kier molecular flexibility index (Phi) is 6.45. The van der Waals surface area contributed by atoms with E-state index in [0.717, 1.165) is 32.0 Å². The lowest BCUT2D eigenvalue weighted by Gasteiger charge is -2.29. The quantitative estimate of drug-likeness (QED) is 0.719. The molecule has 0 saturated heterocycles. The summed E-state index contributed by atoms with van der Waals surface area (Å²) >= 11 is 0. The van der Waals surface area contributed by atoms with E-state index in [-0.39, 0.29) is 0 Å². The van der Waals surface area contributed by atoms with Gasteiger partial charge in [-0.2, -0.15) is 0 Å². The average Bonchev–Trinajstić information content (AvgIpc) is 2.26. The Bertz CT molecular complexity index is 206. The highest BCUT2D eigenvalue weighted by atomic mass is 16.5. The minimum atomic E-state index is 0.326. The Labute approximate surface area is 106 Å². The molecule has 1 aliphatic rings. The Morgan fingerprint density at radius 1 is 1.35 bits per heavy atom. The fraction of sp³-hybridized carbons (Fsp3) is 1.00. The third kappa shape index (κ3) is 6.39. The fourth-order valence-electron chi connectivity index (χ4n) is 2.60. The summed E-state index contributed by atoms with van der Waals surface area (Å²) in [6.07, 6.45) is 6.18. The van der Waals surface area contributed by atoms with Gasteiger partial charge in [0.15, 0.2) is 0 Å². The van der Waals surface area contributed by atoms with Crippen molar-refractivity contribution in [2.45, 2.75) is 52.0 Å². The molecule has 102 valence electrons. The summed E-state index contributed by atoms with van der Waals surface area (Å²) in [5.41, 5.74) is 6.33. The minimum absolute atomic E-state index is 0.326. The lowest BCUT2D eigenvalue weighted by molar-refractivity contribution is 0.149. The van der Waals surface area contributed by atoms with Crippen LogP contribution in [-0.4, -0.2) is 32.8 Å². The van der Waals surface area contributed by atoms with Crippen LogP contribution in [0.1, 0.15) is 46.0 Å². The largest absolute Gasteiger partial charge is 0.385 e. The van der Waals surface area contributed by atoms with Crippen LogP contribution < -0.4 is 11.1 Å². The first-order valence-corrected chi connectivity index (χ1v) is 6.99. The molecular formula is C14H30N2O. The number of ether oxygens (including phenoxy) is 1. The molecule has 3 nitrogen and oxygen atoms in total. The van der Waals surface area contributed by atoms with E-state index in [9.17, 15) is 0 Å². The van der Waals surface area contributed by atoms with Crippen molar-refractivity contribution in [3.05, 3.63) is 0 Å². The molecule has 0 bridgehead atoms. The zero-order valence-corrected chi connectivity index (χ0v) is 11.8. The lowest BCUT2D eigenvalue weighted by atomic mass is 9.85. The number of nitrogens with one attached hydrogen (secondary N) is 1. The first-order valence-electron chi connectivity index (χ1n) is 6.99. The van der Waals surface area contributed by atoms with Gasteiger partial charge in [-0.05, 0) is 43.6 Å². The molecule has 0 aromatic rings. The zero-order valence-electron chi connectivity index (χ0n) is 11.8. The van der Waals surface area contributed by atoms with E-state index in [1.165, 1.54) is 25.7 Å². The Balaban J connectivity index is 2.13. The molecule has 0 aromatic carbocycles. The van der Waals surface area contributed by atoms with Gasteiger partial charge in [0.25, 0.3) is 0 Å². The second-order valence-corrected chi connectivity index (χ2v) is 6.33. The molecule has 0 amide bonds. The van der Waals surface area contributed by atoms with Gasteiger partial charge in [0.1, 0.15) is 0 Å². The standard InChI is InChI=1S/C14H30N2O/c1-14(2,7-8-17-3)11-16-10-12-5-4-6-13(15)9-12/h12-13,16H,4-11,15H2,1-3H3. The molecule has 1 saturated carbocycles. The van der Waals surface area contributed by atoms with Crippen molar-refractivity contribution in [3.8, 4) is 0 Å². The van der Waals surface area contributed by atoms with Gasteiger partial charge in [-0.25, -0.2) is 0 Å². The van der Waals surface area contributed by atoms with Gasteiger partial charge in [-0.15, -0.1) is 0 Å². The van der Waals surface area contributed by atoms with Gasteiger partial charge in [-0.1, -0.05) is 20.3 Å². The molecule has 2 atom stereocenters. The number of nitrogens with two attached hydrogens (primary N) is 1. The average molecular weight is 242 g/mol. The summed E-state index contributed by atoms with van der Waals surface area (Å²) in [4.78, 5) is 0. The van der Waals surface area contributed by atoms with Crippen molar-refractivity contribution in [3.63, 3.8) is 0 Å². The summed E-state index contributed by atoms with van der Waals surface area (Å²) in [5, 5.41) is 3.61. The smallest absolute Gasteiger partial charge is 0.0467 e. The molecular weight excluding hydrogens is 212 g/mol. The normalized spacial score (nSPS) is 26.1.